The van der Waals surface area contributed by atoms with Crippen molar-refractivity contribution in [3.8, 4) is 0 Å². The summed E-state index contributed by atoms with van der Waals surface area (Å²) in [6.07, 6.45) is 0.966. The number of amides is 2. The normalized spacial score (nSPS) is 21.9. The molecule has 28 heavy (non-hydrogen) atoms. The standard InChI is InChI=1S/C20H30N2O6/c1-12-9-15(23)17(25)16(24)10-14(12)18(26)21-11-13-5-7-22(8-6-13)19(27)28-20(2,3)4/h10,13,15,23-24H,5-9,11H2,1-4H3,(H,21,26). The van der Waals surface area contributed by atoms with E-state index in [-0.39, 0.29) is 29.9 Å². The van der Waals surface area contributed by atoms with Gasteiger partial charge >= 0.3 is 6.09 Å². The minimum Gasteiger partial charge on any atom is -0.504 e. The van der Waals surface area contributed by atoms with Gasteiger partial charge in [0.2, 0.25) is 5.78 Å². The van der Waals surface area contributed by atoms with E-state index in [0.29, 0.717) is 25.2 Å². The van der Waals surface area contributed by atoms with Crippen LogP contribution in [0.15, 0.2) is 23.0 Å². The minimum atomic E-state index is -1.33. The van der Waals surface area contributed by atoms with Crippen LogP contribution in [0.2, 0.25) is 0 Å². The third-order valence-corrected chi connectivity index (χ3v) is 4.86. The van der Waals surface area contributed by atoms with Crippen molar-refractivity contribution >= 4 is 17.8 Å². The molecule has 8 nitrogen and oxygen atoms in total. The van der Waals surface area contributed by atoms with Crippen LogP contribution in [-0.4, -0.2) is 64.2 Å². The lowest BCUT2D eigenvalue weighted by atomic mass is 9.96. The number of rotatable bonds is 3. The number of aliphatic hydroxyl groups excluding tert-OH is 2. The van der Waals surface area contributed by atoms with Crippen molar-refractivity contribution < 1.29 is 29.3 Å². The molecule has 0 radical (unpaired) electrons. The maximum atomic E-state index is 12.5. The molecule has 2 amide bonds. The zero-order chi connectivity index (χ0) is 21.1. The molecule has 1 saturated heterocycles. The molecule has 1 aliphatic heterocycles. The SMILES string of the molecule is CC1=C(C(=O)NCC2CCN(C(=O)OC(C)(C)C)CC2)C=C(O)C(=O)C(O)C1. The molecule has 156 valence electrons. The van der Waals surface area contributed by atoms with Gasteiger partial charge in [-0.1, -0.05) is 5.57 Å². The predicted molar refractivity (Wildman–Crippen MR) is 103 cm³/mol. The van der Waals surface area contributed by atoms with Gasteiger partial charge in [0, 0.05) is 31.6 Å². The number of hydrogen-bond donors (Lipinski definition) is 3. The molecule has 1 heterocycles. The van der Waals surface area contributed by atoms with E-state index in [1.165, 1.54) is 0 Å². The van der Waals surface area contributed by atoms with Crippen LogP contribution in [0.1, 0.15) is 47.0 Å². The summed E-state index contributed by atoms with van der Waals surface area (Å²) in [5, 5.41) is 22.3. The number of ketones is 1. The highest BCUT2D eigenvalue weighted by atomic mass is 16.6. The Balaban J connectivity index is 1.87. The fourth-order valence-electron chi connectivity index (χ4n) is 3.23. The van der Waals surface area contributed by atoms with E-state index in [2.05, 4.69) is 5.32 Å². The van der Waals surface area contributed by atoms with Gasteiger partial charge in [0.05, 0.1) is 0 Å². The Bertz CT molecular complexity index is 696. The highest BCUT2D eigenvalue weighted by Crippen LogP contribution is 2.22. The van der Waals surface area contributed by atoms with Gasteiger partial charge in [-0.3, -0.25) is 9.59 Å². The van der Waals surface area contributed by atoms with Gasteiger partial charge < -0.3 is 25.2 Å². The van der Waals surface area contributed by atoms with Gasteiger partial charge in [-0.2, -0.15) is 0 Å². The zero-order valence-corrected chi connectivity index (χ0v) is 16.9. The van der Waals surface area contributed by atoms with Crippen molar-refractivity contribution in [3.05, 3.63) is 23.0 Å². The summed E-state index contributed by atoms with van der Waals surface area (Å²) < 4.78 is 5.37. The highest BCUT2D eigenvalue weighted by molar-refractivity contribution is 6.03. The second kappa shape index (κ2) is 8.77. The monoisotopic (exact) mass is 394 g/mol. The van der Waals surface area contributed by atoms with Crippen molar-refractivity contribution in [3.63, 3.8) is 0 Å². The number of likely N-dealkylation sites (tertiary alicyclic amines) is 1. The molecule has 3 N–H and O–H groups in total. The molecule has 0 aromatic rings. The summed E-state index contributed by atoms with van der Waals surface area (Å²) in [5.41, 5.74) is 0.219. The second-order valence-corrected chi connectivity index (χ2v) is 8.43. The van der Waals surface area contributed by atoms with E-state index < -0.39 is 23.2 Å². The van der Waals surface area contributed by atoms with Crippen LogP contribution in [0.4, 0.5) is 4.79 Å². The van der Waals surface area contributed by atoms with E-state index in [4.69, 9.17) is 4.74 Å². The van der Waals surface area contributed by atoms with Gasteiger partial charge in [-0.15, -0.1) is 0 Å². The average Bonchev–Trinajstić information content (AvgIpc) is 2.70. The molecule has 0 saturated carbocycles. The summed E-state index contributed by atoms with van der Waals surface area (Å²) in [7, 11) is 0. The van der Waals surface area contributed by atoms with E-state index in [0.717, 1.165) is 18.9 Å². The van der Waals surface area contributed by atoms with E-state index >= 15 is 0 Å². The molecule has 2 aliphatic rings. The number of carbonyl (C=O) groups is 3. The molecule has 0 aromatic heterocycles. The number of nitrogens with one attached hydrogen (secondary N) is 1. The third kappa shape index (κ3) is 5.82. The lowest BCUT2D eigenvalue weighted by Gasteiger charge is -2.33. The van der Waals surface area contributed by atoms with Gasteiger partial charge in [-0.05, 0) is 52.5 Å². The van der Waals surface area contributed by atoms with Crippen LogP contribution in [0.25, 0.3) is 0 Å². The summed E-state index contributed by atoms with van der Waals surface area (Å²) >= 11 is 0. The second-order valence-electron chi connectivity index (χ2n) is 8.43. The van der Waals surface area contributed by atoms with Crippen LogP contribution in [0, 0.1) is 5.92 Å². The van der Waals surface area contributed by atoms with Crippen molar-refractivity contribution in [1.82, 2.24) is 10.2 Å². The number of hydrogen-bond acceptors (Lipinski definition) is 6. The molecule has 1 fully saturated rings. The Labute approximate surface area is 165 Å². The molecule has 1 unspecified atom stereocenters. The van der Waals surface area contributed by atoms with Crippen LogP contribution in [0.3, 0.4) is 0 Å². The largest absolute Gasteiger partial charge is 0.504 e. The Kier molecular flexibility index (Phi) is 6.87. The molecular formula is C20H30N2O6. The predicted octanol–water partition coefficient (Wildman–Crippen LogP) is 1.84. The summed E-state index contributed by atoms with van der Waals surface area (Å²) in [4.78, 5) is 37.9. The van der Waals surface area contributed by atoms with Crippen molar-refractivity contribution in [1.29, 1.82) is 0 Å². The zero-order valence-electron chi connectivity index (χ0n) is 16.9. The Morgan fingerprint density at radius 2 is 1.89 bits per heavy atom. The third-order valence-electron chi connectivity index (χ3n) is 4.86. The number of carbonyl (C=O) groups excluding carboxylic acids is 3. The van der Waals surface area contributed by atoms with Gasteiger partial charge in [0.1, 0.15) is 11.7 Å². The first kappa shape index (κ1) is 21.9. The maximum Gasteiger partial charge on any atom is 0.410 e. The number of aliphatic hydroxyl groups is 2. The smallest absolute Gasteiger partial charge is 0.410 e. The minimum absolute atomic E-state index is 0.0103. The summed E-state index contributed by atoms with van der Waals surface area (Å²) in [5.74, 6) is -1.56. The molecular weight excluding hydrogens is 364 g/mol. The average molecular weight is 394 g/mol. The first-order chi connectivity index (χ1) is 13.0. The van der Waals surface area contributed by atoms with Crippen LogP contribution < -0.4 is 5.32 Å². The van der Waals surface area contributed by atoms with E-state index in [1.807, 2.05) is 20.8 Å². The quantitative estimate of drug-likeness (QED) is 0.673. The number of piperidine rings is 1. The lowest BCUT2D eigenvalue weighted by molar-refractivity contribution is -0.125. The Morgan fingerprint density at radius 3 is 2.46 bits per heavy atom. The first-order valence-corrected chi connectivity index (χ1v) is 9.56. The fourth-order valence-corrected chi connectivity index (χ4v) is 3.23. The topological polar surface area (TPSA) is 116 Å². The summed E-state index contributed by atoms with van der Waals surface area (Å²) in [6.45, 7) is 8.71. The van der Waals surface area contributed by atoms with Crippen LogP contribution in [-0.2, 0) is 14.3 Å². The number of nitrogens with zero attached hydrogens (tertiary/aromatic N) is 1. The van der Waals surface area contributed by atoms with E-state index in [1.54, 1.807) is 11.8 Å². The highest BCUT2D eigenvalue weighted by Gasteiger charge is 2.29. The molecule has 1 aliphatic carbocycles. The van der Waals surface area contributed by atoms with Crippen LogP contribution in [0.5, 0.6) is 0 Å². The molecule has 1 atom stereocenters. The molecule has 0 spiro atoms. The Morgan fingerprint density at radius 1 is 1.29 bits per heavy atom. The molecule has 0 bridgehead atoms. The van der Waals surface area contributed by atoms with E-state index in [9.17, 15) is 24.6 Å². The maximum absolute atomic E-state index is 12.5. The summed E-state index contributed by atoms with van der Waals surface area (Å²) in [6, 6.07) is 0. The van der Waals surface area contributed by atoms with Gasteiger partial charge in [-0.25, -0.2) is 4.79 Å². The van der Waals surface area contributed by atoms with Crippen molar-refractivity contribution in [2.75, 3.05) is 19.6 Å². The Hall–Kier alpha value is -2.35. The number of ether oxygens (including phenoxy) is 1. The molecule has 0 aromatic carbocycles. The molecule has 2 rings (SSSR count). The lowest BCUT2D eigenvalue weighted by Crippen LogP contribution is -2.43. The van der Waals surface area contributed by atoms with Crippen molar-refractivity contribution in [2.24, 2.45) is 5.92 Å². The van der Waals surface area contributed by atoms with Crippen LogP contribution >= 0.6 is 0 Å². The number of Topliss-reactive ketones (excluding diaryl/α,β-unsaturated/α-hetero) is 1. The van der Waals surface area contributed by atoms with Gasteiger partial charge in [0.25, 0.3) is 5.91 Å². The first-order valence-electron chi connectivity index (χ1n) is 9.56. The fraction of sp³-hybridized carbons (Fsp3) is 0.650. The molecule has 8 heteroatoms. The van der Waals surface area contributed by atoms with Crippen molar-refractivity contribution in [2.45, 2.75) is 58.7 Å². The van der Waals surface area contributed by atoms with Gasteiger partial charge in [0.15, 0.2) is 5.76 Å².